The van der Waals surface area contributed by atoms with E-state index in [1.807, 2.05) is 6.07 Å². The van der Waals surface area contributed by atoms with Crippen LogP contribution in [0.4, 0.5) is 4.79 Å². The Morgan fingerprint density at radius 1 is 1.06 bits per heavy atom. The van der Waals surface area contributed by atoms with E-state index in [4.69, 9.17) is 15.2 Å². The number of nitrogens with zero attached hydrogens (tertiary/aromatic N) is 2. The number of piperazine rings is 1. The number of methoxy groups -OCH3 is 1. The van der Waals surface area contributed by atoms with Crippen molar-refractivity contribution < 1.29 is 38.2 Å². The minimum absolute atomic E-state index is 0.0453. The maximum atomic E-state index is 13.7. The summed E-state index contributed by atoms with van der Waals surface area (Å²) in [5.41, 5.74) is 3.44. The van der Waals surface area contributed by atoms with Gasteiger partial charge in [0.1, 0.15) is 18.8 Å². The van der Waals surface area contributed by atoms with Crippen molar-refractivity contribution in [3.63, 3.8) is 0 Å². The Kier molecular flexibility index (Phi) is 9.35. The molecule has 0 radical (unpaired) electrons. The molecule has 0 bridgehead atoms. The van der Waals surface area contributed by atoms with Gasteiger partial charge in [-0.1, -0.05) is 30.3 Å². The van der Waals surface area contributed by atoms with Crippen molar-refractivity contribution in [2.45, 2.75) is 51.4 Å². The second-order valence-electron chi connectivity index (χ2n) is 9.07. The Morgan fingerprint density at radius 3 is 2.29 bits per heavy atom. The summed E-state index contributed by atoms with van der Waals surface area (Å²) in [6.45, 7) is 3.81. The van der Waals surface area contributed by atoms with Crippen LogP contribution in [0.15, 0.2) is 30.3 Å². The van der Waals surface area contributed by atoms with Gasteiger partial charge in [-0.25, -0.2) is 4.79 Å². The van der Waals surface area contributed by atoms with Crippen LogP contribution in [0.5, 0.6) is 0 Å². The third-order valence-corrected chi connectivity index (χ3v) is 5.43. The van der Waals surface area contributed by atoms with Crippen molar-refractivity contribution in [2.24, 2.45) is 5.73 Å². The van der Waals surface area contributed by atoms with E-state index in [2.05, 4.69) is 4.74 Å². The number of rotatable bonds is 9. The highest BCUT2D eigenvalue weighted by Crippen LogP contribution is 2.31. The molecule has 1 aromatic rings. The fourth-order valence-electron chi connectivity index (χ4n) is 3.82. The minimum Gasteiger partial charge on any atom is -0.469 e. The number of esters is 2. The zero-order valence-electron chi connectivity index (χ0n) is 20.6. The third-order valence-electron chi connectivity index (χ3n) is 5.43. The van der Waals surface area contributed by atoms with E-state index < -0.39 is 54.0 Å². The lowest BCUT2D eigenvalue weighted by atomic mass is 9.83. The summed E-state index contributed by atoms with van der Waals surface area (Å²) in [6.07, 6.45) is -1.62. The van der Waals surface area contributed by atoms with Crippen molar-refractivity contribution in [1.82, 2.24) is 9.80 Å². The largest absolute Gasteiger partial charge is 0.469 e. The highest BCUT2D eigenvalue weighted by Gasteiger charge is 2.57. The van der Waals surface area contributed by atoms with Crippen molar-refractivity contribution in [2.75, 3.05) is 33.3 Å². The zero-order chi connectivity index (χ0) is 26.2. The molecule has 1 saturated heterocycles. The van der Waals surface area contributed by atoms with Gasteiger partial charge in [0.2, 0.25) is 0 Å². The normalized spacial score (nSPS) is 18.1. The molecule has 1 aliphatic heterocycles. The van der Waals surface area contributed by atoms with Crippen LogP contribution in [0.25, 0.3) is 0 Å². The zero-order valence-corrected chi connectivity index (χ0v) is 20.6. The van der Waals surface area contributed by atoms with E-state index in [9.17, 15) is 24.0 Å². The highest BCUT2D eigenvalue weighted by atomic mass is 16.6. The number of ether oxygens (including phenoxy) is 3. The van der Waals surface area contributed by atoms with Crippen LogP contribution in [-0.2, 0) is 40.0 Å². The molecule has 1 atom stereocenters. The summed E-state index contributed by atoms with van der Waals surface area (Å²) in [4.78, 5) is 66.4. The van der Waals surface area contributed by atoms with Crippen LogP contribution in [0.2, 0.25) is 0 Å². The van der Waals surface area contributed by atoms with Gasteiger partial charge in [0, 0.05) is 19.5 Å². The van der Waals surface area contributed by atoms with Crippen LogP contribution >= 0.6 is 0 Å². The van der Waals surface area contributed by atoms with E-state index in [-0.39, 0.29) is 32.5 Å². The molecule has 1 aromatic carbocycles. The Morgan fingerprint density at radius 2 is 1.71 bits per heavy atom. The van der Waals surface area contributed by atoms with E-state index in [1.54, 1.807) is 45.0 Å². The summed E-state index contributed by atoms with van der Waals surface area (Å²) in [5.74, 6) is -2.96. The number of benzene rings is 1. The van der Waals surface area contributed by atoms with Crippen molar-refractivity contribution in [1.29, 1.82) is 0 Å². The first-order chi connectivity index (χ1) is 16.4. The number of carbonyl (C=O) groups excluding carboxylic acids is 5. The Bertz CT molecular complexity index is 944. The van der Waals surface area contributed by atoms with Gasteiger partial charge in [0.05, 0.1) is 13.7 Å². The summed E-state index contributed by atoms with van der Waals surface area (Å²) >= 11 is 0. The van der Waals surface area contributed by atoms with Crippen molar-refractivity contribution >= 4 is 29.7 Å². The van der Waals surface area contributed by atoms with Gasteiger partial charge < -0.3 is 24.8 Å². The lowest BCUT2D eigenvalue weighted by Gasteiger charge is -2.47. The first-order valence-corrected chi connectivity index (χ1v) is 11.2. The number of nitrogens with two attached hydrogens (primary N) is 1. The number of hydrogen-bond donors (Lipinski definition) is 1. The number of Topliss-reactive ketones (excluding diaryl/α,β-unsaturated/α-hetero) is 1. The number of carbonyl (C=O) groups is 5. The van der Waals surface area contributed by atoms with E-state index in [1.165, 1.54) is 7.11 Å². The molecule has 0 saturated carbocycles. The molecule has 0 spiro atoms. The molecule has 0 unspecified atom stereocenters. The van der Waals surface area contributed by atoms with E-state index in [0.717, 1.165) is 9.80 Å². The van der Waals surface area contributed by atoms with Gasteiger partial charge in [0.15, 0.2) is 11.3 Å². The average Bonchev–Trinajstić information content (AvgIpc) is 2.81. The van der Waals surface area contributed by atoms with Gasteiger partial charge in [0.25, 0.3) is 5.91 Å². The molecule has 35 heavy (non-hydrogen) atoms. The second kappa shape index (κ2) is 11.8. The highest BCUT2D eigenvalue weighted by molar-refractivity contribution is 6.14. The standard InChI is InChI=1S/C24H33N3O8/c1-23(2,3)35-20(30)15-26-12-13-27(22(32)34-16-17-8-6-5-7-9-17)24(21(26)31,18(28)14-25)11-10-19(29)33-4/h5-9H,10-16,25H2,1-4H3/t24-/m0/s1. The summed E-state index contributed by atoms with van der Waals surface area (Å²) in [6, 6.07) is 8.88. The van der Waals surface area contributed by atoms with Gasteiger partial charge >= 0.3 is 18.0 Å². The summed E-state index contributed by atoms with van der Waals surface area (Å²) in [5, 5.41) is 0. The molecular weight excluding hydrogens is 458 g/mol. The Balaban J connectivity index is 2.37. The number of ketones is 1. The lowest BCUT2D eigenvalue weighted by Crippen LogP contribution is -2.72. The Labute approximate surface area is 204 Å². The number of hydrogen-bond acceptors (Lipinski definition) is 9. The van der Waals surface area contributed by atoms with Gasteiger partial charge in [-0.3, -0.25) is 24.1 Å². The predicted octanol–water partition coefficient (Wildman–Crippen LogP) is 1.03. The molecule has 2 amide bonds. The quantitative estimate of drug-likeness (QED) is 0.304. The molecule has 2 rings (SSSR count). The fraction of sp³-hybridized carbons (Fsp3) is 0.542. The molecule has 0 aliphatic carbocycles. The molecular formula is C24H33N3O8. The van der Waals surface area contributed by atoms with Crippen LogP contribution in [0.1, 0.15) is 39.2 Å². The summed E-state index contributed by atoms with van der Waals surface area (Å²) < 4.78 is 15.4. The van der Waals surface area contributed by atoms with Crippen molar-refractivity contribution in [3.8, 4) is 0 Å². The molecule has 1 heterocycles. The predicted molar refractivity (Wildman–Crippen MR) is 124 cm³/mol. The second-order valence-corrected chi connectivity index (χ2v) is 9.07. The molecule has 192 valence electrons. The lowest BCUT2D eigenvalue weighted by molar-refractivity contribution is -0.167. The molecule has 0 aromatic heterocycles. The maximum Gasteiger partial charge on any atom is 0.411 e. The molecule has 2 N–H and O–H groups in total. The van der Waals surface area contributed by atoms with Gasteiger partial charge in [-0.15, -0.1) is 0 Å². The SMILES string of the molecule is COC(=O)CC[C@]1(C(=O)CN)C(=O)N(CC(=O)OC(C)(C)C)CCN1C(=O)OCc1ccccc1. The first kappa shape index (κ1) is 27.8. The summed E-state index contributed by atoms with van der Waals surface area (Å²) in [7, 11) is 1.17. The molecule has 11 heteroatoms. The Hall–Kier alpha value is -3.47. The monoisotopic (exact) mass is 491 g/mol. The van der Waals surface area contributed by atoms with E-state index >= 15 is 0 Å². The van der Waals surface area contributed by atoms with Gasteiger partial charge in [-0.2, -0.15) is 0 Å². The minimum atomic E-state index is -2.13. The average molecular weight is 492 g/mol. The van der Waals surface area contributed by atoms with Crippen LogP contribution in [0, 0.1) is 0 Å². The van der Waals surface area contributed by atoms with Crippen LogP contribution in [0.3, 0.4) is 0 Å². The molecule has 11 nitrogen and oxygen atoms in total. The van der Waals surface area contributed by atoms with Gasteiger partial charge in [-0.05, 0) is 32.8 Å². The van der Waals surface area contributed by atoms with Crippen molar-refractivity contribution in [3.05, 3.63) is 35.9 Å². The smallest absolute Gasteiger partial charge is 0.411 e. The molecule has 1 fully saturated rings. The number of amides is 2. The van der Waals surface area contributed by atoms with Crippen LogP contribution in [-0.4, -0.2) is 84.0 Å². The maximum absolute atomic E-state index is 13.7. The molecule has 1 aliphatic rings. The van der Waals surface area contributed by atoms with E-state index in [0.29, 0.717) is 5.56 Å². The topological polar surface area (TPSA) is 146 Å². The third kappa shape index (κ3) is 7.01. The first-order valence-electron chi connectivity index (χ1n) is 11.2. The van der Waals surface area contributed by atoms with Crippen LogP contribution < -0.4 is 5.73 Å². The fourth-order valence-corrected chi connectivity index (χ4v) is 3.82.